The summed E-state index contributed by atoms with van der Waals surface area (Å²) >= 11 is 0. The molecule has 1 amide bonds. The van der Waals surface area contributed by atoms with Crippen LogP contribution >= 0.6 is 0 Å². The molecule has 162 valence electrons. The lowest BCUT2D eigenvalue weighted by molar-refractivity contribution is -0.133. The maximum Gasteiger partial charge on any atom is 0.261 e. The Kier molecular flexibility index (Phi) is 5.95. The van der Waals surface area contributed by atoms with E-state index in [1.54, 1.807) is 15.5 Å². The van der Waals surface area contributed by atoms with Gasteiger partial charge in [0, 0.05) is 31.5 Å². The molecule has 8 heteroatoms. The van der Waals surface area contributed by atoms with Crippen molar-refractivity contribution in [1.29, 1.82) is 0 Å². The van der Waals surface area contributed by atoms with Gasteiger partial charge in [-0.25, -0.2) is 13.4 Å². The molecule has 4 rings (SSSR count). The van der Waals surface area contributed by atoms with Crippen molar-refractivity contribution >= 4 is 26.6 Å². The Morgan fingerprint density at radius 1 is 1.23 bits per heavy atom. The Labute approximate surface area is 177 Å². The van der Waals surface area contributed by atoms with Crippen LogP contribution in [0.5, 0.6) is 0 Å². The Hall–Kier alpha value is -2.22. The minimum absolute atomic E-state index is 0.0322. The molecule has 1 aromatic heterocycles. The van der Waals surface area contributed by atoms with Crippen LogP contribution in [0.1, 0.15) is 57.3 Å². The SMILES string of the molecule is CCCCN(C(=O)CCc1nc2ccccc2c(=O)n1C1CC1)C1CCS(=O)(=O)C1. The highest BCUT2D eigenvalue weighted by molar-refractivity contribution is 7.91. The number of aromatic nitrogens is 2. The maximum absolute atomic E-state index is 13.1. The first kappa shape index (κ1) is 21.0. The van der Waals surface area contributed by atoms with Crippen LogP contribution in [0.3, 0.4) is 0 Å². The van der Waals surface area contributed by atoms with Gasteiger partial charge in [0.2, 0.25) is 5.91 Å². The van der Waals surface area contributed by atoms with Crippen LogP contribution in [-0.4, -0.2) is 52.9 Å². The fraction of sp³-hybridized carbons (Fsp3) is 0.591. The standard InChI is InChI=1S/C22H29N3O4S/c1-2-3-13-24(17-12-14-30(28,29)15-17)21(26)11-10-20-23-19-7-5-4-6-18(19)22(27)25(20)16-8-9-16/h4-7,16-17H,2-3,8-15H2,1H3. The number of rotatable bonds is 8. The summed E-state index contributed by atoms with van der Waals surface area (Å²) in [5.41, 5.74) is 0.627. The molecule has 1 atom stereocenters. The largest absolute Gasteiger partial charge is 0.339 e. The fourth-order valence-corrected chi connectivity index (χ4v) is 6.03. The summed E-state index contributed by atoms with van der Waals surface area (Å²) < 4.78 is 25.6. The van der Waals surface area contributed by atoms with Crippen LogP contribution in [0.4, 0.5) is 0 Å². The van der Waals surface area contributed by atoms with Gasteiger partial charge in [0.1, 0.15) is 5.82 Å². The lowest BCUT2D eigenvalue weighted by atomic mass is 10.1. The van der Waals surface area contributed by atoms with Crippen molar-refractivity contribution < 1.29 is 13.2 Å². The second-order valence-corrected chi connectivity index (χ2v) is 10.7. The van der Waals surface area contributed by atoms with Gasteiger partial charge in [-0.15, -0.1) is 0 Å². The van der Waals surface area contributed by atoms with Crippen LogP contribution in [0, 0.1) is 0 Å². The molecule has 1 aliphatic heterocycles. The van der Waals surface area contributed by atoms with E-state index in [1.165, 1.54) is 0 Å². The third kappa shape index (κ3) is 4.43. The second kappa shape index (κ2) is 8.49. The van der Waals surface area contributed by atoms with E-state index in [-0.39, 0.29) is 41.5 Å². The topological polar surface area (TPSA) is 89.3 Å². The average molecular weight is 432 g/mol. The monoisotopic (exact) mass is 431 g/mol. The van der Waals surface area contributed by atoms with E-state index in [9.17, 15) is 18.0 Å². The van der Waals surface area contributed by atoms with Gasteiger partial charge in [-0.1, -0.05) is 25.5 Å². The average Bonchev–Trinajstić information content (AvgIpc) is 3.49. The Morgan fingerprint density at radius 3 is 2.67 bits per heavy atom. The van der Waals surface area contributed by atoms with Gasteiger partial charge >= 0.3 is 0 Å². The van der Waals surface area contributed by atoms with E-state index >= 15 is 0 Å². The molecule has 1 aliphatic carbocycles. The Bertz CT molecular complexity index is 1110. The number of amides is 1. The zero-order valence-corrected chi connectivity index (χ0v) is 18.2. The first-order chi connectivity index (χ1) is 14.4. The van der Waals surface area contributed by atoms with Gasteiger partial charge in [0.25, 0.3) is 5.56 Å². The molecule has 1 unspecified atom stereocenters. The van der Waals surface area contributed by atoms with Crippen molar-refractivity contribution in [1.82, 2.24) is 14.5 Å². The number of nitrogens with zero attached hydrogens (tertiary/aromatic N) is 3. The second-order valence-electron chi connectivity index (χ2n) is 8.45. The van der Waals surface area contributed by atoms with E-state index in [4.69, 9.17) is 4.98 Å². The van der Waals surface area contributed by atoms with Crippen molar-refractivity contribution in [3.8, 4) is 0 Å². The molecule has 1 saturated carbocycles. The summed E-state index contributed by atoms with van der Waals surface area (Å²) in [4.78, 5) is 32.5. The zero-order chi connectivity index (χ0) is 21.3. The highest BCUT2D eigenvalue weighted by Crippen LogP contribution is 2.35. The van der Waals surface area contributed by atoms with Crippen LogP contribution in [0.2, 0.25) is 0 Å². The van der Waals surface area contributed by atoms with Crippen LogP contribution in [-0.2, 0) is 21.1 Å². The highest BCUT2D eigenvalue weighted by Gasteiger charge is 2.34. The molecule has 1 aromatic carbocycles. The van der Waals surface area contributed by atoms with E-state index < -0.39 is 9.84 Å². The number of sulfone groups is 1. The summed E-state index contributed by atoms with van der Waals surface area (Å²) in [6, 6.07) is 7.27. The predicted molar refractivity (Wildman–Crippen MR) is 116 cm³/mol. The third-order valence-electron chi connectivity index (χ3n) is 6.08. The first-order valence-corrected chi connectivity index (χ1v) is 12.7. The van der Waals surface area contributed by atoms with E-state index in [0.717, 1.165) is 25.7 Å². The molecule has 30 heavy (non-hydrogen) atoms. The highest BCUT2D eigenvalue weighted by atomic mass is 32.2. The Morgan fingerprint density at radius 2 is 2.00 bits per heavy atom. The molecular formula is C22H29N3O4S. The van der Waals surface area contributed by atoms with Gasteiger partial charge in [-0.3, -0.25) is 14.2 Å². The van der Waals surface area contributed by atoms with Crippen LogP contribution < -0.4 is 5.56 Å². The molecular weight excluding hydrogens is 402 g/mol. The number of carbonyl (C=O) groups excluding carboxylic acids is 1. The molecule has 1 saturated heterocycles. The summed E-state index contributed by atoms with van der Waals surface area (Å²) in [6.45, 7) is 2.64. The number of aryl methyl sites for hydroxylation is 1. The fourth-order valence-electron chi connectivity index (χ4n) is 4.30. The zero-order valence-electron chi connectivity index (χ0n) is 17.4. The number of hydrogen-bond acceptors (Lipinski definition) is 5. The van der Waals surface area contributed by atoms with Gasteiger partial charge in [-0.05, 0) is 37.8 Å². The molecule has 2 aliphatic rings. The molecule has 0 spiro atoms. The summed E-state index contributed by atoms with van der Waals surface area (Å²) in [7, 11) is -3.06. The first-order valence-electron chi connectivity index (χ1n) is 10.9. The van der Waals surface area contributed by atoms with Crippen molar-refractivity contribution in [2.75, 3.05) is 18.1 Å². The molecule has 7 nitrogen and oxygen atoms in total. The van der Waals surface area contributed by atoms with Crippen LogP contribution in [0.15, 0.2) is 29.1 Å². The predicted octanol–water partition coefficient (Wildman–Crippen LogP) is 2.48. The molecule has 0 bridgehead atoms. The number of para-hydroxylation sites is 1. The minimum Gasteiger partial charge on any atom is -0.339 e. The van der Waals surface area contributed by atoms with Crippen molar-refractivity contribution in [3.05, 3.63) is 40.4 Å². The summed E-state index contributed by atoms with van der Waals surface area (Å²) in [5, 5.41) is 0.611. The summed E-state index contributed by atoms with van der Waals surface area (Å²) in [6.07, 6.45) is 4.85. The summed E-state index contributed by atoms with van der Waals surface area (Å²) in [5.74, 6) is 0.823. The van der Waals surface area contributed by atoms with Crippen molar-refractivity contribution in [2.45, 2.75) is 64.0 Å². The lowest BCUT2D eigenvalue weighted by Crippen LogP contribution is -2.42. The Balaban J connectivity index is 1.55. The maximum atomic E-state index is 13.1. The quantitative estimate of drug-likeness (QED) is 0.641. The number of fused-ring (bicyclic) bond motifs is 1. The van der Waals surface area contributed by atoms with Gasteiger partial charge in [-0.2, -0.15) is 0 Å². The van der Waals surface area contributed by atoms with E-state index in [2.05, 4.69) is 6.92 Å². The number of unbranched alkanes of at least 4 members (excludes halogenated alkanes) is 1. The van der Waals surface area contributed by atoms with Crippen LogP contribution in [0.25, 0.3) is 10.9 Å². The molecule has 0 radical (unpaired) electrons. The third-order valence-corrected chi connectivity index (χ3v) is 7.83. The smallest absolute Gasteiger partial charge is 0.261 e. The molecule has 2 fully saturated rings. The molecule has 0 N–H and O–H groups in total. The molecule has 2 heterocycles. The van der Waals surface area contributed by atoms with Crippen molar-refractivity contribution in [3.63, 3.8) is 0 Å². The number of carbonyl (C=O) groups is 1. The van der Waals surface area contributed by atoms with Gasteiger partial charge in [0.05, 0.1) is 22.4 Å². The number of benzene rings is 1. The minimum atomic E-state index is -3.06. The lowest BCUT2D eigenvalue weighted by Gasteiger charge is -2.28. The van der Waals surface area contributed by atoms with Crippen molar-refractivity contribution in [2.24, 2.45) is 0 Å². The van der Waals surface area contributed by atoms with Gasteiger partial charge in [0.15, 0.2) is 9.84 Å². The molecule has 2 aromatic rings. The number of hydrogen-bond donors (Lipinski definition) is 0. The normalized spacial score (nSPS) is 20.5. The van der Waals surface area contributed by atoms with Gasteiger partial charge < -0.3 is 4.90 Å². The van der Waals surface area contributed by atoms with E-state index in [0.29, 0.717) is 36.1 Å². The van der Waals surface area contributed by atoms with E-state index in [1.807, 2.05) is 18.2 Å².